The van der Waals surface area contributed by atoms with E-state index in [0.29, 0.717) is 6.54 Å². The maximum absolute atomic E-state index is 5.43. The monoisotopic (exact) mass is 276 g/mol. The zero-order valence-electron chi connectivity index (χ0n) is 11.2. The van der Waals surface area contributed by atoms with E-state index < -0.39 is 0 Å². The quantitative estimate of drug-likeness (QED) is 0.577. The molecule has 0 fully saturated rings. The zero-order valence-corrected chi connectivity index (χ0v) is 11.2. The molecule has 0 spiro atoms. The number of furan rings is 1. The van der Waals surface area contributed by atoms with Crippen LogP contribution in [0, 0.1) is 0 Å². The lowest BCUT2D eigenvalue weighted by atomic mass is 10.2. The summed E-state index contributed by atoms with van der Waals surface area (Å²) in [6.45, 7) is 0.680. The maximum Gasteiger partial charge on any atom is 0.162 e. The Kier molecular flexibility index (Phi) is 2.74. The second-order valence-electron chi connectivity index (χ2n) is 4.72. The van der Waals surface area contributed by atoms with Gasteiger partial charge in [0.25, 0.3) is 0 Å². The van der Waals surface area contributed by atoms with E-state index in [1.807, 2.05) is 35.0 Å². The third-order valence-corrected chi connectivity index (χ3v) is 3.36. The molecule has 21 heavy (non-hydrogen) atoms. The van der Waals surface area contributed by atoms with Gasteiger partial charge in [-0.1, -0.05) is 30.3 Å². The minimum absolute atomic E-state index is 0.680. The fourth-order valence-electron chi connectivity index (χ4n) is 2.37. The number of hydrogen-bond acceptors (Lipinski definition) is 4. The predicted octanol–water partition coefficient (Wildman–Crippen LogP) is 3.13. The van der Waals surface area contributed by atoms with Gasteiger partial charge in [0.05, 0.1) is 24.4 Å². The van der Waals surface area contributed by atoms with Crippen molar-refractivity contribution in [1.82, 2.24) is 19.7 Å². The van der Waals surface area contributed by atoms with Crippen molar-refractivity contribution in [2.45, 2.75) is 6.54 Å². The van der Waals surface area contributed by atoms with Crippen molar-refractivity contribution in [1.29, 1.82) is 0 Å². The van der Waals surface area contributed by atoms with Gasteiger partial charge in [0.2, 0.25) is 0 Å². The highest BCUT2D eigenvalue weighted by molar-refractivity contribution is 5.88. The van der Waals surface area contributed by atoms with Gasteiger partial charge in [0.15, 0.2) is 11.4 Å². The number of rotatable bonds is 3. The minimum atomic E-state index is 0.680. The number of hydrogen-bond donors (Lipinski definition) is 0. The highest BCUT2D eigenvalue weighted by Gasteiger charge is 2.13. The van der Waals surface area contributed by atoms with Crippen molar-refractivity contribution in [2.75, 3.05) is 0 Å². The standard InChI is InChI=1S/C16H12N4O/c1-2-5-12(6-3-1)10-20-16-13(9-19-20)15(17-11-18-16)14-7-4-8-21-14/h1-9,11H,10H2. The second kappa shape index (κ2) is 4.86. The number of benzene rings is 1. The average Bonchev–Trinajstić information content (AvgIpc) is 3.18. The first-order chi connectivity index (χ1) is 10.4. The van der Waals surface area contributed by atoms with Gasteiger partial charge in [-0.15, -0.1) is 0 Å². The van der Waals surface area contributed by atoms with Crippen LogP contribution >= 0.6 is 0 Å². The molecule has 0 aliphatic heterocycles. The van der Waals surface area contributed by atoms with Gasteiger partial charge in [-0.05, 0) is 17.7 Å². The Hall–Kier alpha value is -2.95. The van der Waals surface area contributed by atoms with Gasteiger partial charge in [0.1, 0.15) is 12.0 Å². The molecule has 3 heterocycles. The third kappa shape index (κ3) is 2.08. The third-order valence-electron chi connectivity index (χ3n) is 3.36. The van der Waals surface area contributed by atoms with Crippen molar-refractivity contribution in [3.8, 4) is 11.5 Å². The van der Waals surface area contributed by atoms with Crippen LogP contribution in [-0.2, 0) is 6.54 Å². The number of fused-ring (bicyclic) bond motifs is 1. The van der Waals surface area contributed by atoms with Gasteiger partial charge in [-0.3, -0.25) is 0 Å². The SMILES string of the molecule is c1ccc(Cn2ncc3c(-c4ccco4)ncnc32)cc1. The van der Waals surface area contributed by atoms with E-state index in [2.05, 4.69) is 27.2 Å². The summed E-state index contributed by atoms with van der Waals surface area (Å²) in [5.41, 5.74) is 2.75. The molecule has 0 N–H and O–H groups in total. The van der Waals surface area contributed by atoms with Crippen molar-refractivity contribution >= 4 is 11.0 Å². The van der Waals surface area contributed by atoms with Gasteiger partial charge >= 0.3 is 0 Å². The van der Waals surface area contributed by atoms with Crippen LogP contribution in [0.4, 0.5) is 0 Å². The highest BCUT2D eigenvalue weighted by Crippen LogP contribution is 2.25. The van der Waals surface area contributed by atoms with Crippen LogP contribution in [-0.4, -0.2) is 19.7 Å². The van der Waals surface area contributed by atoms with E-state index in [4.69, 9.17) is 4.42 Å². The Morgan fingerprint density at radius 2 is 1.90 bits per heavy atom. The van der Waals surface area contributed by atoms with Crippen LogP contribution in [0.5, 0.6) is 0 Å². The lowest BCUT2D eigenvalue weighted by Gasteiger charge is -2.03. The number of nitrogens with zero attached hydrogens (tertiary/aromatic N) is 4. The molecule has 0 saturated heterocycles. The van der Waals surface area contributed by atoms with Crippen molar-refractivity contribution < 1.29 is 4.42 Å². The summed E-state index contributed by atoms with van der Waals surface area (Å²) in [6.07, 6.45) is 4.97. The Bertz CT molecular complexity index is 866. The second-order valence-corrected chi connectivity index (χ2v) is 4.72. The summed E-state index contributed by atoms with van der Waals surface area (Å²) in [5, 5.41) is 5.33. The molecule has 3 aromatic heterocycles. The summed E-state index contributed by atoms with van der Waals surface area (Å²) >= 11 is 0. The van der Waals surface area contributed by atoms with Crippen LogP contribution in [0.15, 0.2) is 65.7 Å². The summed E-state index contributed by atoms with van der Waals surface area (Å²) in [7, 11) is 0. The molecule has 0 radical (unpaired) electrons. The van der Waals surface area contributed by atoms with Crippen molar-refractivity contribution in [2.24, 2.45) is 0 Å². The largest absolute Gasteiger partial charge is 0.463 e. The molecule has 0 saturated carbocycles. The van der Waals surface area contributed by atoms with Crippen LogP contribution in [0.2, 0.25) is 0 Å². The van der Waals surface area contributed by atoms with Gasteiger partial charge < -0.3 is 4.42 Å². The van der Waals surface area contributed by atoms with Gasteiger partial charge in [-0.2, -0.15) is 5.10 Å². The Morgan fingerprint density at radius 3 is 2.71 bits per heavy atom. The first-order valence-electron chi connectivity index (χ1n) is 6.66. The molecular formula is C16H12N4O. The van der Waals surface area contributed by atoms with E-state index in [0.717, 1.165) is 22.5 Å². The Labute approximate surface area is 120 Å². The maximum atomic E-state index is 5.43. The van der Waals surface area contributed by atoms with Crippen LogP contribution in [0.25, 0.3) is 22.5 Å². The predicted molar refractivity (Wildman–Crippen MR) is 78.6 cm³/mol. The van der Waals surface area contributed by atoms with Gasteiger partial charge in [0, 0.05) is 0 Å². The van der Waals surface area contributed by atoms with Crippen LogP contribution < -0.4 is 0 Å². The Balaban J connectivity index is 1.81. The molecule has 4 aromatic rings. The van der Waals surface area contributed by atoms with Crippen molar-refractivity contribution in [3.63, 3.8) is 0 Å². The van der Waals surface area contributed by atoms with E-state index in [9.17, 15) is 0 Å². The molecule has 4 rings (SSSR count). The molecule has 102 valence electrons. The molecular weight excluding hydrogens is 264 g/mol. The summed E-state index contributed by atoms with van der Waals surface area (Å²) in [6, 6.07) is 13.9. The molecule has 0 atom stereocenters. The van der Waals surface area contributed by atoms with E-state index >= 15 is 0 Å². The first-order valence-corrected chi connectivity index (χ1v) is 6.66. The van der Waals surface area contributed by atoms with E-state index in [1.165, 1.54) is 5.56 Å². The van der Waals surface area contributed by atoms with Crippen LogP contribution in [0.1, 0.15) is 5.56 Å². The molecule has 5 heteroatoms. The average molecular weight is 276 g/mol. The van der Waals surface area contributed by atoms with Gasteiger partial charge in [-0.25, -0.2) is 14.6 Å². The molecule has 5 nitrogen and oxygen atoms in total. The highest BCUT2D eigenvalue weighted by atomic mass is 16.3. The molecule has 0 aliphatic carbocycles. The fourth-order valence-corrected chi connectivity index (χ4v) is 2.37. The molecule has 0 bridgehead atoms. The van der Waals surface area contributed by atoms with E-state index in [1.54, 1.807) is 18.8 Å². The minimum Gasteiger partial charge on any atom is -0.463 e. The zero-order chi connectivity index (χ0) is 14.1. The Morgan fingerprint density at radius 1 is 1.00 bits per heavy atom. The van der Waals surface area contributed by atoms with Crippen LogP contribution in [0.3, 0.4) is 0 Å². The smallest absolute Gasteiger partial charge is 0.162 e. The molecule has 0 unspecified atom stereocenters. The fraction of sp³-hybridized carbons (Fsp3) is 0.0625. The summed E-state index contributed by atoms with van der Waals surface area (Å²) < 4.78 is 7.30. The molecule has 0 aliphatic rings. The summed E-state index contributed by atoms with van der Waals surface area (Å²) in [4.78, 5) is 8.67. The first kappa shape index (κ1) is 11.8. The van der Waals surface area contributed by atoms with E-state index in [-0.39, 0.29) is 0 Å². The number of aromatic nitrogens is 4. The summed E-state index contributed by atoms with van der Waals surface area (Å²) in [5.74, 6) is 0.724. The normalized spacial score (nSPS) is 11.0. The molecule has 1 aromatic carbocycles. The lowest BCUT2D eigenvalue weighted by Crippen LogP contribution is -2.02. The molecule has 0 amide bonds. The van der Waals surface area contributed by atoms with Crippen molar-refractivity contribution in [3.05, 3.63) is 66.8 Å². The lowest BCUT2D eigenvalue weighted by molar-refractivity contribution is 0.580. The topological polar surface area (TPSA) is 56.7 Å².